The minimum Gasteiger partial charge on any atom is -0.396 e. The van der Waals surface area contributed by atoms with Gasteiger partial charge in [0.1, 0.15) is 0 Å². The van der Waals surface area contributed by atoms with Crippen LogP contribution in [0.1, 0.15) is 26.7 Å². The first-order chi connectivity index (χ1) is 7.69. The number of nitrogens with one attached hydrogen (secondary N) is 1. The van der Waals surface area contributed by atoms with Crippen LogP contribution in [0.15, 0.2) is 0 Å². The number of aliphatic hydroxyl groups excluding tert-OH is 1. The lowest BCUT2D eigenvalue weighted by Crippen LogP contribution is -2.50. The maximum atomic E-state index is 9.11. The van der Waals surface area contributed by atoms with Crippen LogP contribution < -0.4 is 11.1 Å². The van der Waals surface area contributed by atoms with Crippen molar-refractivity contribution in [3.05, 3.63) is 0 Å². The molecule has 1 rings (SSSR count). The molecule has 0 aliphatic carbocycles. The standard InChI is InChI=1S/C12H26N2O2/c1-9(8-15)10(2)14-12(7-13)11-3-5-16-6-4-11/h9-12,14-15H,3-8,13H2,1-2H3. The summed E-state index contributed by atoms with van der Waals surface area (Å²) in [5.74, 6) is 0.890. The average Bonchev–Trinajstić information content (AvgIpc) is 2.35. The minimum absolute atomic E-state index is 0.221. The SMILES string of the molecule is CC(CO)C(C)NC(CN)C1CCOCC1. The van der Waals surface area contributed by atoms with Gasteiger partial charge >= 0.3 is 0 Å². The Morgan fingerprint density at radius 2 is 2.00 bits per heavy atom. The first-order valence-corrected chi connectivity index (χ1v) is 6.33. The lowest BCUT2D eigenvalue weighted by molar-refractivity contribution is 0.0514. The number of ether oxygens (including phenoxy) is 1. The second-order valence-electron chi connectivity index (χ2n) is 4.91. The maximum Gasteiger partial charge on any atom is 0.0471 e. The summed E-state index contributed by atoms with van der Waals surface area (Å²) in [7, 11) is 0. The molecule has 0 aromatic heterocycles. The summed E-state index contributed by atoms with van der Waals surface area (Å²) >= 11 is 0. The van der Waals surface area contributed by atoms with Gasteiger partial charge in [0.05, 0.1) is 0 Å². The van der Waals surface area contributed by atoms with Crippen molar-refractivity contribution < 1.29 is 9.84 Å². The molecule has 1 saturated heterocycles. The van der Waals surface area contributed by atoms with E-state index in [1.54, 1.807) is 0 Å². The van der Waals surface area contributed by atoms with Gasteiger partial charge in [0.15, 0.2) is 0 Å². The number of rotatable bonds is 6. The highest BCUT2D eigenvalue weighted by Crippen LogP contribution is 2.19. The van der Waals surface area contributed by atoms with E-state index in [1.807, 2.05) is 0 Å². The molecular formula is C12H26N2O2. The summed E-state index contributed by atoms with van der Waals surface area (Å²) in [6.45, 7) is 6.75. The number of nitrogens with two attached hydrogens (primary N) is 1. The second kappa shape index (κ2) is 7.22. The van der Waals surface area contributed by atoms with E-state index in [1.165, 1.54) is 0 Å². The monoisotopic (exact) mass is 230 g/mol. The predicted molar refractivity (Wildman–Crippen MR) is 65.2 cm³/mol. The van der Waals surface area contributed by atoms with Crippen molar-refractivity contribution in [1.82, 2.24) is 5.32 Å². The van der Waals surface area contributed by atoms with Crippen LogP contribution in [0.3, 0.4) is 0 Å². The van der Waals surface area contributed by atoms with Crippen molar-refractivity contribution in [2.45, 2.75) is 38.8 Å². The van der Waals surface area contributed by atoms with E-state index in [4.69, 9.17) is 15.6 Å². The molecule has 0 amide bonds. The molecule has 0 spiro atoms. The molecule has 3 unspecified atom stereocenters. The predicted octanol–water partition coefficient (Wildman–Crippen LogP) is 0.347. The van der Waals surface area contributed by atoms with E-state index in [9.17, 15) is 0 Å². The summed E-state index contributed by atoms with van der Waals surface area (Å²) < 4.78 is 5.36. The highest BCUT2D eigenvalue weighted by Gasteiger charge is 2.25. The van der Waals surface area contributed by atoms with Crippen LogP contribution in [0.5, 0.6) is 0 Å². The third-order valence-electron chi connectivity index (χ3n) is 3.71. The zero-order valence-electron chi connectivity index (χ0n) is 10.5. The Morgan fingerprint density at radius 1 is 1.38 bits per heavy atom. The van der Waals surface area contributed by atoms with Crippen LogP contribution in [0.2, 0.25) is 0 Å². The molecule has 1 heterocycles. The molecule has 4 N–H and O–H groups in total. The highest BCUT2D eigenvalue weighted by atomic mass is 16.5. The first kappa shape index (κ1) is 13.9. The van der Waals surface area contributed by atoms with Gasteiger partial charge in [-0.05, 0) is 31.6 Å². The lowest BCUT2D eigenvalue weighted by atomic mass is 9.90. The Labute approximate surface area is 98.5 Å². The molecule has 0 radical (unpaired) electrons. The van der Waals surface area contributed by atoms with E-state index in [2.05, 4.69) is 19.2 Å². The smallest absolute Gasteiger partial charge is 0.0471 e. The van der Waals surface area contributed by atoms with Crippen molar-refractivity contribution >= 4 is 0 Å². The van der Waals surface area contributed by atoms with Gasteiger partial charge in [-0.25, -0.2) is 0 Å². The first-order valence-electron chi connectivity index (χ1n) is 6.33. The molecule has 3 atom stereocenters. The van der Waals surface area contributed by atoms with E-state index in [0.29, 0.717) is 24.5 Å². The zero-order chi connectivity index (χ0) is 12.0. The van der Waals surface area contributed by atoms with E-state index in [-0.39, 0.29) is 12.5 Å². The van der Waals surface area contributed by atoms with Crippen molar-refractivity contribution in [2.75, 3.05) is 26.4 Å². The van der Waals surface area contributed by atoms with Crippen LogP contribution in [0, 0.1) is 11.8 Å². The van der Waals surface area contributed by atoms with Crippen molar-refractivity contribution in [3.63, 3.8) is 0 Å². The van der Waals surface area contributed by atoms with E-state index >= 15 is 0 Å². The third kappa shape index (κ3) is 4.01. The fourth-order valence-electron chi connectivity index (χ4n) is 2.17. The van der Waals surface area contributed by atoms with Crippen LogP contribution in [-0.2, 0) is 4.74 Å². The number of hydrogen-bond donors (Lipinski definition) is 3. The summed E-state index contributed by atoms with van der Waals surface area (Å²) in [4.78, 5) is 0. The van der Waals surface area contributed by atoms with Gasteiger partial charge in [-0.3, -0.25) is 0 Å². The molecule has 96 valence electrons. The van der Waals surface area contributed by atoms with Gasteiger partial charge < -0.3 is 20.9 Å². The maximum absolute atomic E-state index is 9.11. The number of hydrogen-bond acceptors (Lipinski definition) is 4. The Kier molecular flexibility index (Phi) is 6.28. The lowest BCUT2D eigenvalue weighted by Gasteiger charge is -2.33. The van der Waals surface area contributed by atoms with Gasteiger partial charge in [0.2, 0.25) is 0 Å². The Morgan fingerprint density at radius 3 is 2.50 bits per heavy atom. The quantitative estimate of drug-likeness (QED) is 0.616. The molecule has 4 heteroatoms. The van der Waals surface area contributed by atoms with Gasteiger partial charge in [-0.2, -0.15) is 0 Å². The Hall–Kier alpha value is -0.160. The van der Waals surface area contributed by atoms with E-state index < -0.39 is 0 Å². The van der Waals surface area contributed by atoms with Gasteiger partial charge in [-0.15, -0.1) is 0 Å². The topological polar surface area (TPSA) is 67.5 Å². The van der Waals surface area contributed by atoms with Crippen molar-refractivity contribution in [1.29, 1.82) is 0 Å². The second-order valence-corrected chi connectivity index (χ2v) is 4.91. The van der Waals surface area contributed by atoms with E-state index in [0.717, 1.165) is 26.1 Å². The Balaban J connectivity index is 2.40. The molecule has 0 bridgehead atoms. The molecule has 0 aromatic rings. The summed E-state index contributed by atoms with van der Waals surface area (Å²) in [5, 5.41) is 12.7. The zero-order valence-corrected chi connectivity index (χ0v) is 10.5. The molecular weight excluding hydrogens is 204 g/mol. The molecule has 0 aromatic carbocycles. The highest BCUT2D eigenvalue weighted by molar-refractivity contribution is 4.82. The third-order valence-corrected chi connectivity index (χ3v) is 3.71. The van der Waals surface area contributed by atoms with Crippen molar-refractivity contribution in [2.24, 2.45) is 17.6 Å². The number of aliphatic hydroxyl groups is 1. The summed E-state index contributed by atoms with van der Waals surface area (Å²) in [5.41, 5.74) is 5.83. The fraction of sp³-hybridized carbons (Fsp3) is 1.00. The minimum atomic E-state index is 0.221. The van der Waals surface area contributed by atoms with Gasteiger partial charge in [0.25, 0.3) is 0 Å². The fourth-order valence-corrected chi connectivity index (χ4v) is 2.17. The van der Waals surface area contributed by atoms with Gasteiger partial charge in [0, 0.05) is 38.4 Å². The molecule has 1 fully saturated rings. The van der Waals surface area contributed by atoms with Crippen LogP contribution in [-0.4, -0.2) is 43.6 Å². The summed E-state index contributed by atoms with van der Waals surface area (Å²) in [6, 6.07) is 0.661. The largest absolute Gasteiger partial charge is 0.396 e. The Bertz CT molecular complexity index is 184. The molecule has 4 nitrogen and oxygen atoms in total. The molecule has 16 heavy (non-hydrogen) atoms. The molecule has 1 aliphatic rings. The normalized spacial score (nSPS) is 24.0. The van der Waals surface area contributed by atoms with Crippen LogP contribution in [0.4, 0.5) is 0 Å². The van der Waals surface area contributed by atoms with Gasteiger partial charge in [-0.1, -0.05) is 6.92 Å². The average molecular weight is 230 g/mol. The molecule has 0 saturated carbocycles. The van der Waals surface area contributed by atoms with Crippen LogP contribution in [0.25, 0.3) is 0 Å². The van der Waals surface area contributed by atoms with Crippen LogP contribution >= 0.6 is 0 Å². The molecule has 1 aliphatic heterocycles. The summed E-state index contributed by atoms with van der Waals surface area (Å²) in [6.07, 6.45) is 2.18. The van der Waals surface area contributed by atoms with Crippen molar-refractivity contribution in [3.8, 4) is 0 Å².